The molecule has 1 N–H and O–H groups in total. The number of benzene rings is 1. The largest absolute Gasteiger partial charge is 0.338 e. The number of urea groups is 1. The second-order valence-corrected chi connectivity index (χ2v) is 4.58. The predicted molar refractivity (Wildman–Crippen MR) is 70.4 cm³/mol. The number of carbonyl (C=O) groups is 1. The summed E-state index contributed by atoms with van der Waals surface area (Å²) in [6.45, 7) is 3.04. The highest BCUT2D eigenvalue weighted by atomic mass is 32.2. The summed E-state index contributed by atoms with van der Waals surface area (Å²) in [5.74, 6) is 0. The zero-order valence-corrected chi connectivity index (χ0v) is 10.8. The number of hydrazone groups is 1. The van der Waals surface area contributed by atoms with Crippen LogP contribution >= 0.6 is 11.8 Å². The Morgan fingerprint density at radius 1 is 1.59 bits per heavy atom. The molecule has 2 amide bonds. The Kier molecular flexibility index (Phi) is 3.68. The van der Waals surface area contributed by atoms with E-state index in [0.29, 0.717) is 13.1 Å². The third kappa shape index (κ3) is 2.61. The molecule has 1 heterocycles. The van der Waals surface area contributed by atoms with Gasteiger partial charge in [-0.2, -0.15) is 5.10 Å². The number of amides is 2. The molecule has 0 aliphatic carbocycles. The van der Waals surface area contributed by atoms with Crippen molar-refractivity contribution in [1.82, 2.24) is 10.3 Å². The highest BCUT2D eigenvalue weighted by Gasteiger charge is 2.17. The number of thioether (sulfide) groups is 1. The van der Waals surface area contributed by atoms with Gasteiger partial charge in [-0.05, 0) is 30.9 Å². The van der Waals surface area contributed by atoms with E-state index in [1.807, 2.05) is 13.2 Å². The van der Waals surface area contributed by atoms with Crippen molar-refractivity contribution in [3.63, 3.8) is 0 Å². The van der Waals surface area contributed by atoms with Crippen LogP contribution in [0, 0.1) is 0 Å². The van der Waals surface area contributed by atoms with Gasteiger partial charge in [0.2, 0.25) is 0 Å². The summed E-state index contributed by atoms with van der Waals surface area (Å²) in [4.78, 5) is 12.8. The van der Waals surface area contributed by atoms with Crippen LogP contribution in [0.2, 0.25) is 0 Å². The van der Waals surface area contributed by atoms with Crippen molar-refractivity contribution in [3.8, 4) is 0 Å². The standard InChI is InChI=1S/C12H15N3OS/c1-3-13-12(16)15-8-9-4-5-11(17-2)6-10(9)7-14-15/h4-7H,3,8H2,1-2H3,(H,13,16). The maximum absolute atomic E-state index is 11.6. The fourth-order valence-corrected chi connectivity index (χ4v) is 2.11. The number of nitrogens with zero attached hydrogens (tertiary/aromatic N) is 2. The maximum atomic E-state index is 11.6. The first-order chi connectivity index (χ1) is 8.24. The number of carbonyl (C=O) groups excluding carboxylic acids is 1. The quantitative estimate of drug-likeness (QED) is 0.817. The first kappa shape index (κ1) is 12.0. The molecule has 0 saturated heterocycles. The summed E-state index contributed by atoms with van der Waals surface area (Å²) in [6.07, 6.45) is 3.79. The van der Waals surface area contributed by atoms with Crippen LogP contribution in [-0.2, 0) is 6.54 Å². The Morgan fingerprint density at radius 3 is 3.12 bits per heavy atom. The molecular weight excluding hydrogens is 234 g/mol. The second-order valence-electron chi connectivity index (χ2n) is 3.70. The summed E-state index contributed by atoms with van der Waals surface area (Å²) in [5.41, 5.74) is 2.22. The number of hydrogen-bond donors (Lipinski definition) is 1. The zero-order valence-electron chi connectivity index (χ0n) is 9.93. The van der Waals surface area contributed by atoms with E-state index in [0.717, 1.165) is 11.1 Å². The molecule has 5 heteroatoms. The topological polar surface area (TPSA) is 44.7 Å². The number of fused-ring (bicyclic) bond motifs is 1. The van der Waals surface area contributed by atoms with Crippen molar-refractivity contribution < 1.29 is 4.79 Å². The molecule has 1 aliphatic rings. The highest BCUT2D eigenvalue weighted by Crippen LogP contribution is 2.22. The summed E-state index contributed by atoms with van der Waals surface area (Å²) >= 11 is 1.70. The van der Waals surface area contributed by atoms with E-state index in [4.69, 9.17) is 0 Å². The average molecular weight is 249 g/mol. The molecule has 1 aliphatic heterocycles. The smallest absolute Gasteiger partial charge is 0.337 e. The van der Waals surface area contributed by atoms with Crippen molar-refractivity contribution in [3.05, 3.63) is 29.3 Å². The molecular formula is C12H15N3OS. The highest BCUT2D eigenvalue weighted by molar-refractivity contribution is 7.98. The monoisotopic (exact) mass is 249 g/mol. The Bertz CT molecular complexity index is 459. The maximum Gasteiger partial charge on any atom is 0.338 e. The lowest BCUT2D eigenvalue weighted by atomic mass is 10.1. The summed E-state index contributed by atoms with van der Waals surface area (Å²) in [5, 5.41) is 8.34. The Balaban J connectivity index is 2.18. The normalized spacial score (nSPS) is 13.4. The van der Waals surface area contributed by atoms with E-state index in [-0.39, 0.29) is 6.03 Å². The molecule has 2 rings (SSSR count). The molecule has 17 heavy (non-hydrogen) atoms. The van der Waals surface area contributed by atoms with Gasteiger partial charge in [0.05, 0.1) is 12.8 Å². The van der Waals surface area contributed by atoms with E-state index >= 15 is 0 Å². The van der Waals surface area contributed by atoms with Crippen molar-refractivity contribution in [2.75, 3.05) is 12.8 Å². The third-order valence-electron chi connectivity index (χ3n) is 2.57. The van der Waals surface area contributed by atoms with Crippen molar-refractivity contribution in [2.45, 2.75) is 18.4 Å². The molecule has 0 unspecified atom stereocenters. The van der Waals surface area contributed by atoms with Gasteiger partial charge in [-0.25, -0.2) is 9.80 Å². The van der Waals surface area contributed by atoms with Crippen LogP contribution in [0.25, 0.3) is 0 Å². The van der Waals surface area contributed by atoms with Crippen molar-refractivity contribution in [1.29, 1.82) is 0 Å². The second kappa shape index (κ2) is 5.23. The van der Waals surface area contributed by atoms with Gasteiger partial charge in [0.25, 0.3) is 0 Å². The summed E-state index contributed by atoms with van der Waals surface area (Å²) in [6, 6.07) is 6.07. The molecule has 90 valence electrons. The molecule has 0 saturated carbocycles. The fraction of sp³-hybridized carbons (Fsp3) is 0.333. The minimum atomic E-state index is -0.150. The Labute approximate surface area is 105 Å². The van der Waals surface area contributed by atoms with Gasteiger partial charge in [0, 0.05) is 17.0 Å². The van der Waals surface area contributed by atoms with Crippen LogP contribution in [0.1, 0.15) is 18.1 Å². The summed E-state index contributed by atoms with van der Waals surface area (Å²) in [7, 11) is 0. The van der Waals surface area contributed by atoms with E-state index in [2.05, 4.69) is 28.6 Å². The molecule has 0 spiro atoms. The third-order valence-corrected chi connectivity index (χ3v) is 3.30. The van der Waals surface area contributed by atoms with E-state index in [1.165, 1.54) is 9.90 Å². The first-order valence-corrected chi connectivity index (χ1v) is 6.73. The predicted octanol–water partition coefficient (Wildman–Crippen LogP) is 2.29. The number of nitrogens with one attached hydrogen (secondary N) is 1. The lowest BCUT2D eigenvalue weighted by Gasteiger charge is -2.22. The lowest BCUT2D eigenvalue weighted by Crippen LogP contribution is -2.37. The van der Waals surface area contributed by atoms with Crippen LogP contribution in [0.5, 0.6) is 0 Å². The van der Waals surface area contributed by atoms with Crippen LogP contribution < -0.4 is 5.32 Å². The molecule has 1 aromatic rings. The van der Waals surface area contributed by atoms with Gasteiger partial charge in [-0.15, -0.1) is 11.8 Å². The average Bonchev–Trinajstić information content (AvgIpc) is 2.37. The van der Waals surface area contributed by atoms with Crippen molar-refractivity contribution >= 4 is 24.0 Å². The molecule has 4 nitrogen and oxygen atoms in total. The Morgan fingerprint density at radius 2 is 2.41 bits per heavy atom. The number of hydrogen-bond acceptors (Lipinski definition) is 3. The minimum absolute atomic E-state index is 0.150. The molecule has 1 aromatic carbocycles. The molecule has 0 aromatic heterocycles. The van der Waals surface area contributed by atoms with Gasteiger partial charge >= 0.3 is 6.03 Å². The van der Waals surface area contributed by atoms with Crippen LogP contribution in [0.15, 0.2) is 28.2 Å². The van der Waals surface area contributed by atoms with Gasteiger partial charge in [0.15, 0.2) is 0 Å². The molecule has 0 bridgehead atoms. The summed E-state index contributed by atoms with van der Waals surface area (Å²) < 4.78 is 0. The fourth-order valence-electron chi connectivity index (χ4n) is 1.66. The van der Waals surface area contributed by atoms with Crippen LogP contribution in [-0.4, -0.2) is 30.1 Å². The van der Waals surface area contributed by atoms with Gasteiger partial charge in [0.1, 0.15) is 0 Å². The van der Waals surface area contributed by atoms with E-state index < -0.39 is 0 Å². The Hall–Kier alpha value is -1.49. The number of rotatable bonds is 2. The molecule has 0 fully saturated rings. The van der Waals surface area contributed by atoms with Crippen molar-refractivity contribution in [2.24, 2.45) is 5.10 Å². The van der Waals surface area contributed by atoms with Gasteiger partial charge < -0.3 is 5.32 Å². The van der Waals surface area contributed by atoms with Gasteiger partial charge in [-0.1, -0.05) is 6.07 Å². The van der Waals surface area contributed by atoms with E-state index in [9.17, 15) is 4.79 Å². The van der Waals surface area contributed by atoms with Crippen LogP contribution in [0.4, 0.5) is 4.79 Å². The first-order valence-electron chi connectivity index (χ1n) is 5.51. The van der Waals surface area contributed by atoms with Gasteiger partial charge in [-0.3, -0.25) is 0 Å². The molecule has 0 radical (unpaired) electrons. The zero-order chi connectivity index (χ0) is 12.3. The lowest BCUT2D eigenvalue weighted by molar-refractivity contribution is 0.197. The SMILES string of the molecule is CCNC(=O)N1Cc2ccc(SC)cc2C=N1. The molecule has 0 atom stereocenters. The van der Waals surface area contributed by atoms with Crippen LogP contribution in [0.3, 0.4) is 0 Å². The minimum Gasteiger partial charge on any atom is -0.337 e. The van der Waals surface area contributed by atoms with E-state index in [1.54, 1.807) is 18.0 Å².